The zero-order valence-electron chi connectivity index (χ0n) is 8.92. The Balaban J connectivity index is 1.86. The molecule has 1 aromatic heterocycles. The van der Waals surface area contributed by atoms with E-state index in [0.29, 0.717) is 17.3 Å². The maximum atomic E-state index is 5.57. The van der Waals surface area contributed by atoms with Crippen LogP contribution in [0.1, 0.15) is 38.5 Å². The lowest BCUT2D eigenvalue weighted by Crippen LogP contribution is -2.35. The average Bonchev–Trinajstić information content (AvgIpc) is 2.65. The second kappa shape index (κ2) is 4.39. The van der Waals surface area contributed by atoms with Crippen molar-refractivity contribution in [2.75, 3.05) is 11.9 Å². The highest BCUT2D eigenvalue weighted by Gasteiger charge is 2.35. The summed E-state index contributed by atoms with van der Waals surface area (Å²) in [6, 6.07) is 0.491. The van der Waals surface area contributed by atoms with Gasteiger partial charge in [-0.1, -0.05) is 18.4 Å². The van der Waals surface area contributed by atoms with E-state index in [1.807, 2.05) is 0 Å². The van der Waals surface area contributed by atoms with Gasteiger partial charge in [0.2, 0.25) is 5.89 Å². The fourth-order valence-electron chi connectivity index (χ4n) is 1.97. The summed E-state index contributed by atoms with van der Waals surface area (Å²) >= 11 is 5.57. The number of hydrogen-bond donors (Lipinski definition) is 1. The van der Waals surface area contributed by atoms with Crippen molar-refractivity contribution < 1.29 is 4.42 Å². The van der Waals surface area contributed by atoms with Crippen LogP contribution in [0, 0.1) is 5.41 Å². The standard InChI is InChI=1S/C10H16ClN3O/c1-2-10(4-3-5-10)7-12-9-14-13-8(6-11)15-9/h2-7H2,1H3,(H,12,14). The summed E-state index contributed by atoms with van der Waals surface area (Å²) in [5.41, 5.74) is 0.454. The summed E-state index contributed by atoms with van der Waals surface area (Å²) in [7, 11) is 0. The van der Waals surface area contributed by atoms with Crippen LogP contribution in [0.3, 0.4) is 0 Å². The monoisotopic (exact) mass is 229 g/mol. The number of nitrogens with one attached hydrogen (secondary N) is 1. The molecule has 0 bridgehead atoms. The van der Waals surface area contributed by atoms with Crippen LogP contribution in [-0.2, 0) is 5.88 Å². The van der Waals surface area contributed by atoms with Crippen LogP contribution < -0.4 is 5.32 Å². The highest BCUT2D eigenvalue weighted by Crippen LogP contribution is 2.43. The Kier molecular flexibility index (Phi) is 3.14. The number of nitrogens with zero attached hydrogens (tertiary/aromatic N) is 2. The largest absolute Gasteiger partial charge is 0.407 e. The summed E-state index contributed by atoms with van der Waals surface area (Å²) in [6.45, 7) is 3.16. The SMILES string of the molecule is CCC1(CNc2nnc(CCl)o2)CCC1. The molecule has 0 aromatic carbocycles. The third-order valence-corrected chi connectivity index (χ3v) is 3.59. The van der Waals surface area contributed by atoms with Gasteiger partial charge in [0.1, 0.15) is 5.88 Å². The molecule has 0 spiro atoms. The molecule has 1 aliphatic carbocycles. The lowest BCUT2D eigenvalue weighted by Gasteiger charge is -2.41. The lowest BCUT2D eigenvalue weighted by atomic mass is 9.67. The molecule has 84 valence electrons. The van der Waals surface area contributed by atoms with Gasteiger partial charge in [-0.15, -0.1) is 16.7 Å². The van der Waals surface area contributed by atoms with Crippen LogP contribution in [0.5, 0.6) is 0 Å². The van der Waals surface area contributed by atoms with E-state index in [0.717, 1.165) is 6.54 Å². The average molecular weight is 230 g/mol. The second-order valence-corrected chi connectivity index (χ2v) is 4.46. The molecule has 1 heterocycles. The van der Waals surface area contributed by atoms with Crippen molar-refractivity contribution in [2.45, 2.75) is 38.5 Å². The summed E-state index contributed by atoms with van der Waals surface area (Å²) in [6.07, 6.45) is 5.14. The first kappa shape index (κ1) is 10.7. The Hall–Kier alpha value is -0.770. The summed E-state index contributed by atoms with van der Waals surface area (Å²) in [5.74, 6) is 0.742. The van der Waals surface area contributed by atoms with Gasteiger partial charge in [0.15, 0.2) is 0 Å². The lowest BCUT2D eigenvalue weighted by molar-refractivity contribution is 0.144. The molecule has 0 unspecified atom stereocenters. The van der Waals surface area contributed by atoms with Crippen molar-refractivity contribution in [3.63, 3.8) is 0 Å². The first-order chi connectivity index (χ1) is 7.28. The number of anilines is 1. The quantitative estimate of drug-likeness (QED) is 0.789. The Morgan fingerprint density at radius 3 is 2.73 bits per heavy atom. The molecule has 0 atom stereocenters. The van der Waals surface area contributed by atoms with Gasteiger partial charge in [-0.25, -0.2) is 0 Å². The van der Waals surface area contributed by atoms with Gasteiger partial charge in [-0.05, 0) is 24.7 Å². The number of rotatable bonds is 5. The topological polar surface area (TPSA) is 51.0 Å². The second-order valence-electron chi connectivity index (χ2n) is 4.20. The first-order valence-electron chi connectivity index (χ1n) is 5.40. The smallest absolute Gasteiger partial charge is 0.315 e. The van der Waals surface area contributed by atoms with Crippen LogP contribution in [-0.4, -0.2) is 16.7 Å². The molecule has 15 heavy (non-hydrogen) atoms. The van der Waals surface area contributed by atoms with Crippen molar-refractivity contribution in [3.05, 3.63) is 5.89 Å². The third-order valence-electron chi connectivity index (χ3n) is 3.36. The van der Waals surface area contributed by atoms with E-state index in [1.54, 1.807) is 0 Å². The Bertz CT molecular complexity index is 317. The molecule has 1 N–H and O–H groups in total. The van der Waals surface area contributed by atoms with Gasteiger partial charge in [0.05, 0.1) is 0 Å². The molecule has 4 nitrogen and oxygen atoms in total. The maximum absolute atomic E-state index is 5.57. The van der Waals surface area contributed by atoms with Crippen LogP contribution in [0.25, 0.3) is 0 Å². The first-order valence-corrected chi connectivity index (χ1v) is 5.94. The van der Waals surface area contributed by atoms with E-state index < -0.39 is 0 Å². The Morgan fingerprint density at radius 2 is 2.27 bits per heavy atom. The molecule has 1 fully saturated rings. The molecule has 2 rings (SSSR count). The minimum atomic E-state index is 0.271. The predicted octanol–water partition coefficient (Wildman–Crippen LogP) is 2.80. The number of halogens is 1. The fraction of sp³-hybridized carbons (Fsp3) is 0.800. The normalized spacial score (nSPS) is 18.5. The number of aromatic nitrogens is 2. The highest BCUT2D eigenvalue weighted by atomic mass is 35.5. The van der Waals surface area contributed by atoms with Crippen LogP contribution in [0.2, 0.25) is 0 Å². The summed E-state index contributed by atoms with van der Waals surface area (Å²) in [4.78, 5) is 0. The van der Waals surface area contributed by atoms with Crippen LogP contribution in [0.4, 0.5) is 6.01 Å². The van der Waals surface area contributed by atoms with Crippen LogP contribution >= 0.6 is 11.6 Å². The third kappa shape index (κ3) is 2.25. The molecule has 1 saturated carbocycles. The van der Waals surface area contributed by atoms with Crippen molar-refractivity contribution in [1.82, 2.24) is 10.2 Å². The van der Waals surface area contributed by atoms with E-state index in [-0.39, 0.29) is 5.88 Å². The van der Waals surface area contributed by atoms with Gasteiger partial charge in [-0.3, -0.25) is 0 Å². The van der Waals surface area contributed by atoms with E-state index in [9.17, 15) is 0 Å². The zero-order valence-corrected chi connectivity index (χ0v) is 9.68. The van der Waals surface area contributed by atoms with Gasteiger partial charge in [0.25, 0.3) is 0 Å². The van der Waals surface area contributed by atoms with Crippen molar-refractivity contribution in [3.8, 4) is 0 Å². The molecule has 0 amide bonds. The van der Waals surface area contributed by atoms with Gasteiger partial charge < -0.3 is 9.73 Å². The number of hydrogen-bond acceptors (Lipinski definition) is 4. The Labute approximate surface area is 94.4 Å². The minimum absolute atomic E-state index is 0.271. The fourth-order valence-corrected chi connectivity index (χ4v) is 2.08. The highest BCUT2D eigenvalue weighted by molar-refractivity contribution is 6.16. The molecule has 0 aliphatic heterocycles. The predicted molar refractivity (Wildman–Crippen MR) is 58.9 cm³/mol. The van der Waals surface area contributed by atoms with E-state index >= 15 is 0 Å². The summed E-state index contributed by atoms with van der Waals surface area (Å²) in [5, 5.41) is 10.9. The molecular weight excluding hydrogens is 214 g/mol. The minimum Gasteiger partial charge on any atom is -0.407 e. The van der Waals surface area contributed by atoms with Gasteiger partial charge in [-0.2, -0.15) is 0 Å². The van der Waals surface area contributed by atoms with Crippen molar-refractivity contribution in [1.29, 1.82) is 0 Å². The van der Waals surface area contributed by atoms with E-state index in [1.165, 1.54) is 25.7 Å². The van der Waals surface area contributed by atoms with Crippen LogP contribution in [0.15, 0.2) is 4.42 Å². The van der Waals surface area contributed by atoms with E-state index in [4.69, 9.17) is 16.0 Å². The van der Waals surface area contributed by atoms with Crippen molar-refractivity contribution >= 4 is 17.6 Å². The molecule has 1 aromatic rings. The zero-order chi connectivity index (χ0) is 10.7. The molecular formula is C10H16ClN3O. The molecule has 5 heteroatoms. The van der Waals surface area contributed by atoms with Gasteiger partial charge in [0, 0.05) is 6.54 Å². The molecule has 1 aliphatic rings. The van der Waals surface area contributed by atoms with Gasteiger partial charge >= 0.3 is 6.01 Å². The molecule has 0 radical (unpaired) electrons. The van der Waals surface area contributed by atoms with E-state index in [2.05, 4.69) is 22.4 Å². The maximum Gasteiger partial charge on any atom is 0.315 e. The summed E-state index contributed by atoms with van der Waals surface area (Å²) < 4.78 is 5.28. The molecule has 0 saturated heterocycles. The Morgan fingerprint density at radius 1 is 1.47 bits per heavy atom. The van der Waals surface area contributed by atoms with Crippen molar-refractivity contribution in [2.24, 2.45) is 5.41 Å². The number of alkyl halides is 1.